The van der Waals surface area contributed by atoms with Crippen molar-refractivity contribution in [2.45, 2.75) is 13.0 Å². The topological polar surface area (TPSA) is 29.5 Å². The Kier molecular flexibility index (Phi) is 5.08. The lowest BCUT2D eigenvalue weighted by atomic mass is 10.1. The molecule has 0 saturated carbocycles. The summed E-state index contributed by atoms with van der Waals surface area (Å²) in [4.78, 5) is 13.5. The average Bonchev–Trinajstić information content (AvgIpc) is 2.30. The second-order valence-electron chi connectivity index (χ2n) is 3.84. The van der Waals surface area contributed by atoms with Crippen LogP contribution in [-0.4, -0.2) is 37.6 Å². The SMILES string of the molecule is COCC(C)N(C)C(=O)c1cc(Br)ccc1F. The van der Waals surface area contributed by atoms with E-state index in [2.05, 4.69) is 15.9 Å². The molecule has 5 heteroatoms. The largest absolute Gasteiger partial charge is 0.383 e. The Morgan fingerprint density at radius 1 is 1.59 bits per heavy atom. The van der Waals surface area contributed by atoms with Crippen molar-refractivity contribution < 1.29 is 13.9 Å². The fourth-order valence-corrected chi connectivity index (χ4v) is 1.77. The molecule has 94 valence electrons. The summed E-state index contributed by atoms with van der Waals surface area (Å²) in [5.41, 5.74) is 0.0600. The van der Waals surface area contributed by atoms with Gasteiger partial charge in [-0.05, 0) is 25.1 Å². The lowest BCUT2D eigenvalue weighted by molar-refractivity contribution is 0.0629. The maximum absolute atomic E-state index is 13.5. The van der Waals surface area contributed by atoms with Gasteiger partial charge in [0.2, 0.25) is 0 Å². The normalized spacial score (nSPS) is 12.3. The molecule has 3 nitrogen and oxygen atoms in total. The van der Waals surface area contributed by atoms with Crippen molar-refractivity contribution in [2.75, 3.05) is 20.8 Å². The van der Waals surface area contributed by atoms with Crippen LogP contribution in [0.4, 0.5) is 4.39 Å². The zero-order valence-corrected chi connectivity index (χ0v) is 11.6. The molecular formula is C12H15BrFNO2. The van der Waals surface area contributed by atoms with Crippen LogP contribution in [0.5, 0.6) is 0 Å². The highest BCUT2D eigenvalue weighted by molar-refractivity contribution is 9.10. The second kappa shape index (κ2) is 6.12. The Labute approximate surface area is 109 Å². The molecule has 1 aromatic carbocycles. The van der Waals surface area contributed by atoms with E-state index in [-0.39, 0.29) is 17.5 Å². The van der Waals surface area contributed by atoms with E-state index in [9.17, 15) is 9.18 Å². The third kappa shape index (κ3) is 3.51. The fraction of sp³-hybridized carbons (Fsp3) is 0.417. The highest BCUT2D eigenvalue weighted by Gasteiger charge is 2.20. The molecular weight excluding hydrogens is 289 g/mol. The lowest BCUT2D eigenvalue weighted by Gasteiger charge is -2.24. The Balaban J connectivity index is 2.92. The Hall–Kier alpha value is -0.940. The van der Waals surface area contributed by atoms with Gasteiger partial charge in [-0.2, -0.15) is 0 Å². The van der Waals surface area contributed by atoms with Gasteiger partial charge in [-0.25, -0.2) is 4.39 Å². The average molecular weight is 304 g/mol. The summed E-state index contributed by atoms with van der Waals surface area (Å²) >= 11 is 3.22. The monoisotopic (exact) mass is 303 g/mol. The Bertz CT molecular complexity index is 411. The number of hydrogen-bond acceptors (Lipinski definition) is 2. The lowest BCUT2D eigenvalue weighted by Crippen LogP contribution is -2.38. The van der Waals surface area contributed by atoms with Crippen LogP contribution < -0.4 is 0 Å². The molecule has 0 aliphatic heterocycles. The zero-order chi connectivity index (χ0) is 13.0. The first-order valence-corrected chi connectivity index (χ1v) is 5.97. The number of likely N-dealkylation sites (N-methyl/N-ethyl adjacent to an activating group) is 1. The number of halogens is 2. The van der Waals surface area contributed by atoms with E-state index < -0.39 is 5.82 Å². The summed E-state index contributed by atoms with van der Waals surface area (Å²) in [6.07, 6.45) is 0. The van der Waals surface area contributed by atoms with Crippen LogP contribution in [0.1, 0.15) is 17.3 Å². The van der Waals surface area contributed by atoms with E-state index in [0.717, 1.165) is 0 Å². The van der Waals surface area contributed by atoms with Crippen molar-refractivity contribution in [3.8, 4) is 0 Å². The number of carbonyl (C=O) groups excluding carboxylic acids is 1. The number of rotatable bonds is 4. The Morgan fingerprint density at radius 3 is 2.82 bits per heavy atom. The zero-order valence-electron chi connectivity index (χ0n) is 10.0. The van der Waals surface area contributed by atoms with Gasteiger partial charge in [-0.3, -0.25) is 4.79 Å². The van der Waals surface area contributed by atoms with Crippen molar-refractivity contribution in [1.82, 2.24) is 4.90 Å². The van der Waals surface area contributed by atoms with Crippen molar-refractivity contribution >= 4 is 21.8 Å². The van der Waals surface area contributed by atoms with Gasteiger partial charge in [0.05, 0.1) is 18.2 Å². The molecule has 0 aliphatic carbocycles. The summed E-state index contributed by atoms with van der Waals surface area (Å²) in [6, 6.07) is 4.20. The van der Waals surface area contributed by atoms with Crippen LogP contribution >= 0.6 is 15.9 Å². The van der Waals surface area contributed by atoms with Crippen LogP contribution in [0.25, 0.3) is 0 Å². The fourth-order valence-electron chi connectivity index (χ4n) is 1.40. The van der Waals surface area contributed by atoms with Gasteiger partial charge >= 0.3 is 0 Å². The molecule has 0 aromatic heterocycles. The number of carbonyl (C=O) groups is 1. The number of amides is 1. The van der Waals surface area contributed by atoms with Gasteiger partial charge in [-0.15, -0.1) is 0 Å². The minimum Gasteiger partial charge on any atom is -0.383 e. The van der Waals surface area contributed by atoms with Crippen molar-refractivity contribution in [3.63, 3.8) is 0 Å². The number of methoxy groups -OCH3 is 1. The molecule has 0 fully saturated rings. The molecule has 1 unspecified atom stereocenters. The van der Waals surface area contributed by atoms with E-state index in [0.29, 0.717) is 11.1 Å². The van der Waals surface area contributed by atoms with E-state index >= 15 is 0 Å². The maximum atomic E-state index is 13.5. The highest BCUT2D eigenvalue weighted by Crippen LogP contribution is 2.17. The van der Waals surface area contributed by atoms with Crippen LogP contribution in [0.2, 0.25) is 0 Å². The van der Waals surface area contributed by atoms with Crippen LogP contribution in [0, 0.1) is 5.82 Å². The molecule has 0 spiro atoms. The van der Waals surface area contributed by atoms with E-state index in [4.69, 9.17) is 4.74 Å². The van der Waals surface area contributed by atoms with Gasteiger partial charge in [0.1, 0.15) is 5.82 Å². The predicted octanol–water partition coefficient (Wildman–Crippen LogP) is 2.70. The summed E-state index contributed by atoms with van der Waals surface area (Å²) in [5.74, 6) is -0.872. The van der Waals surface area contributed by atoms with Gasteiger partial charge in [-0.1, -0.05) is 15.9 Å². The van der Waals surface area contributed by atoms with Gasteiger partial charge in [0.25, 0.3) is 5.91 Å². The standard InChI is InChI=1S/C12H15BrFNO2/c1-8(7-17-3)15(2)12(16)10-6-9(13)4-5-11(10)14/h4-6,8H,7H2,1-3H3. The number of ether oxygens (including phenoxy) is 1. The van der Waals surface area contributed by atoms with Gasteiger partial charge in [0.15, 0.2) is 0 Å². The second-order valence-corrected chi connectivity index (χ2v) is 4.76. The molecule has 0 heterocycles. The molecule has 0 radical (unpaired) electrons. The molecule has 1 aromatic rings. The summed E-state index contributed by atoms with van der Waals surface area (Å²) in [7, 11) is 3.20. The number of nitrogens with zero attached hydrogens (tertiary/aromatic N) is 1. The Morgan fingerprint density at radius 2 is 2.24 bits per heavy atom. The van der Waals surface area contributed by atoms with E-state index in [1.165, 1.54) is 17.0 Å². The first-order chi connectivity index (χ1) is 7.97. The molecule has 1 amide bonds. The quantitative estimate of drug-likeness (QED) is 0.856. The van der Waals surface area contributed by atoms with Crippen molar-refractivity contribution in [1.29, 1.82) is 0 Å². The molecule has 1 atom stereocenters. The first-order valence-electron chi connectivity index (χ1n) is 5.18. The predicted molar refractivity (Wildman–Crippen MR) is 67.5 cm³/mol. The molecule has 0 bridgehead atoms. The minimum atomic E-state index is -0.519. The summed E-state index contributed by atoms with van der Waals surface area (Å²) in [5, 5.41) is 0. The molecule has 0 aliphatic rings. The van der Waals surface area contributed by atoms with Crippen molar-refractivity contribution in [2.24, 2.45) is 0 Å². The van der Waals surface area contributed by atoms with Crippen molar-refractivity contribution in [3.05, 3.63) is 34.1 Å². The first kappa shape index (κ1) is 14.1. The molecule has 17 heavy (non-hydrogen) atoms. The summed E-state index contributed by atoms with van der Waals surface area (Å²) < 4.78 is 19.2. The van der Waals surface area contributed by atoms with Crippen LogP contribution in [-0.2, 0) is 4.74 Å². The third-order valence-electron chi connectivity index (χ3n) is 2.55. The van der Waals surface area contributed by atoms with Gasteiger partial charge < -0.3 is 9.64 Å². The van der Waals surface area contributed by atoms with E-state index in [1.807, 2.05) is 6.92 Å². The smallest absolute Gasteiger partial charge is 0.256 e. The molecule has 0 saturated heterocycles. The van der Waals surface area contributed by atoms with Crippen LogP contribution in [0.3, 0.4) is 0 Å². The summed E-state index contributed by atoms with van der Waals surface area (Å²) in [6.45, 7) is 2.26. The minimum absolute atomic E-state index is 0.0600. The number of benzene rings is 1. The van der Waals surface area contributed by atoms with Crippen LogP contribution in [0.15, 0.2) is 22.7 Å². The molecule has 1 rings (SSSR count). The maximum Gasteiger partial charge on any atom is 0.256 e. The third-order valence-corrected chi connectivity index (χ3v) is 3.04. The number of hydrogen-bond donors (Lipinski definition) is 0. The molecule has 0 N–H and O–H groups in total. The highest BCUT2D eigenvalue weighted by atomic mass is 79.9. The van der Waals surface area contributed by atoms with E-state index in [1.54, 1.807) is 20.2 Å². The van der Waals surface area contributed by atoms with Gasteiger partial charge in [0, 0.05) is 18.6 Å².